The molecule has 2 heterocycles. The van der Waals surface area contributed by atoms with Crippen molar-refractivity contribution in [3.05, 3.63) is 99.2 Å². The first kappa shape index (κ1) is 20.0. The van der Waals surface area contributed by atoms with E-state index in [1.807, 2.05) is 66.2 Å². The summed E-state index contributed by atoms with van der Waals surface area (Å²) in [7, 11) is 0. The third kappa shape index (κ3) is 4.48. The molecule has 0 aliphatic heterocycles. The van der Waals surface area contributed by atoms with E-state index in [4.69, 9.17) is 0 Å². The van der Waals surface area contributed by atoms with Crippen LogP contribution in [0.4, 0.5) is 10.8 Å². The Kier molecular flexibility index (Phi) is 6.02. The van der Waals surface area contributed by atoms with Crippen molar-refractivity contribution in [2.75, 3.05) is 4.90 Å². The summed E-state index contributed by atoms with van der Waals surface area (Å²) in [5.74, 6) is -0.246. The second-order valence-electron chi connectivity index (χ2n) is 6.60. The van der Waals surface area contributed by atoms with Gasteiger partial charge < -0.3 is 5.32 Å². The fourth-order valence-corrected chi connectivity index (χ4v) is 4.37. The summed E-state index contributed by atoms with van der Waals surface area (Å²) in [6.45, 7) is 2.31. The minimum atomic E-state index is -0.148. The van der Waals surface area contributed by atoms with Crippen molar-refractivity contribution in [3.8, 4) is 0 Å². The second kappa shape index (κ2) is 9.02. The number of aromatic nitrogens is 1. The number of hydrogen-bond donors (Lipinski definition) is 1. The molecular weight excluding hydrogens is 414 g/mol. The van der Waals surface area contributed by atoms with Gasteiger partial charge in [0.1, 0.15) is 0 Å². The fraction of sp³-hybridized carbons (Fsp3) is 0.0870. The molecular formula is C23H19N3O2S2. The topological polar surface area (TPSA) is 62.3 Å². The van der Waals surface area contributed by atoms with Crippen LogP contribution in [0.2, 0.25) is 0 Å². The summed E-state index contributed by atoms with van der Waals surface area (Å²) in [6, 6.07) is 20.4. The zero-order valence-electron chi connectivity index (χ0n) is 16.2. The number of thiophene rings is 1. The second-order valence-corrected chi connectivity index (χ2v) is 8.39. The van der Waals surface area contributed by atoms with Gasteiger partial charge in [0, 0.05) is 17.5 Å². The van der Waals surface area contributed by atoms with Gasteiger partial charge in [-0.2, -0.15) is 0 Å². The highest BCUT2D eigenvalue weighted by Gasteiger charge is 2.22. The van der Waals surface area contributed by atoms with Crippen LogP contribution in [0.3, 0.4) is 0 Å². The van der Waals surface area contributed by atoms with Crippen molar-refractivity contribution >= 4 is 45.3 Å². The molecule has 2 aromatic carbocycles. The number of amides is 2. The van der Waals surface area contributed by atoms with Crippen LogP contribution in [-0.4, -0.2) is 16.8 Å². The molecule has 0 bridgehead atoms. The Hall–Kier alpha value is -3.29. The predicted molar refractivity (Wildman–Crippen MR) is 122 cm³/mol. The summed E-state index contributed by atoms with van der Waals surface area (Å²) >= 11 is 2.84. The summed E-state index contributed by atoms with van der Waals surface area (Å²) in [5, 5.41) is 7.33. The highest BCUT2D eigenvalue weighted by atomic mass is 32.1. The van der Waals surface area contributed by atoms with E-state index in [0.717, 1.165) is 16.9 Å². The van der Waals surface area contributed by atoms with E-state index < -0.39 is 0 Å². The molecule has 5 nitrogen and oxygen atoms in total. The number of carbonyl (C=O) groups is 2. The Morgan fingerprint density at radius 1 is 0.967 bits per heavy atom. The summed E-state index contributed by atoms with van der Waals surface area (Å²) in [6.07, 6.45) is 0. The lowest BCUT2D eigenvalue weighted by Gasteiger charge is -2.20. The average Bonchev–Trinajstić information content (AvgIpc) is 3.46. The summed E-state index contributed by atoms with van der Waals surface area (Å²) < 4.78 is 0. The molecule has 1 N–H and O–H groups in total. The number of nitrogens with one attached hydrogen (secondary N) is 1. The molecule has 4 rings (SSSR count). The molecule has 4 aromatic rings. The van der Waals surface area contributed by atoms with E-state index in [2.05, 4.69) is 10.3 Å². The van der Waals surface area contributed by atoms with Crippen molar-refractivity contribution in [3.63, 3.8) is 0 Å². The largest absolute Gasteiger partial charge is 0.347 e. The lowest BCUT2D eigenvalue weighted by molar-refractivity contribution is 0.0953. The first-order chi connectivity index (χ1) is 14.6. The fourth-order valence-electron chi connectivity index (χ4n) is 2.91. The van der Waals surface area contributed by atoms with Crippen molar-refractivity contribution in [1.29, 1.82) is 0 Å². The highest BCUT2D eigenvalue weighted by molar-refractivity contribution is 7.14. The molecule has 0 aliphatic rings. The van der Waals surface area contributed by atoms with Gasteiger partial charge in [-0.05, 0) is 48.2 Å². The monoisotopic (exact) mass is 433 g/mol. The van der Waals surface area contributed by atoms with Crippen LogP contribution in [0.1, 0.15) is 31.3 Å². The lowest BCUT2D eigenvalue weighted by atomic mass is 10.1. The maximum atomic E-state index is 13.3. The van der Waals surface area contributed by atoms with Crippen LogP contribution in [0.15, 0.2) is 77.5 Å². The van der Waals surface area contributed by atoms with Gasteiger partial charge in [0.25, 0.3) is 11.8 Å². The zero-order valence-corrected chi connectivity index (χ0v) is 17.9. The SMILES string of the molecule is Cc1csc(N(C(=O)c2ccc(CNC(=O)c3cccs3)cc2)c2ccccc2)n1. The van der Waals surface area contributed by atoms with E-state index >= 15 is 0 Å². The first-order valence-corrected chi connectivity index (χ1v) is 11.1. The molecule has 30 heavy (non-hydrogen) atoms. The van der Waals surface area contributed by atoms with E-state index in [-0.39, 0.29) is 11.8 Å². The number of aryl methyl sites for hydroxylation is 1. The first-order valence-electron chi connectivity index (χ1n) is 9.34. The smallest absolute Gasteiger partial charge is 0.264 e. The van der Waals surface area contributed by atoms with Crippen LogP contribution in [0.25, 0.3) is 0 Å². The molecule has 0 spiro atoms. The van der Waals surface area contributed by atoms with Crippen LogP contribution >= 0.6 is 22.7 Å². The van der Waals surface area contributed by atoms with Crippen molar-refractivity contribution in [2.45, 2.75) is 13.5 Å². The lowest BCUT2D eigenvalue weighted by Crippen LogP contribution is -2.26. The number of hydrogen-bond acceptors (Lipinski definition) is 5. The molecule has 0 saturated carbocycles. The van der Waals surface area contributed by atoms with Gasteiger partial charge in [-0.15, -0.1) is 22.7 Å². The van der Waals surface area contributed by atoms with Crippen molar-refractivity contribution in [1.82, 2.24) is 10.3 Å². The van der Waals surface area contributed by atoms with Gasteiger partial charge in [-0.3, -0.25) is 14.5 Å². The molecule has 0 unspecified atom stereocenters. The van der Waals surface area contributed by atoms with Gasteiger partial charge in [-0.1, -0.05) is 36.4 Å². The van der Waals surface area contributed by atoms with Gasteiger partial charge in [0.05, 0.1) is 16.3 Å². The predicted octanol–water partition coefficient (Wildman–Crippen LogP) is 5.42. The Morgan fingerprint density at radius 3 is 2.37 bits per heavy atom. The number of nitrogens with zero attached hydrogens (tertiary/aromatic N) is 2. The Bertz CT molecular complexity index is 1140. The maximum absolute atomic E-state index is 13.3. The highest BCUT2D eigenvalue weighted by Crippen LogP contribution is 2.30. The summed E-state index contributed by atoms with van der Waals surface area (Å²) in [4.78, 5) is 32.2. The van der Waals surface area contributed by atoms with E-state index in [1.165, 1.54) is 22.7 Å². The normalized spacial score (nSPS) is 10.6. The number of anilines is 2. The molecule has 2 amide bonds. The van der Waals surface area contributed by atoms with E-state index in [0.29, 0.717) is 22.1 Å². The zero-order chi connectivity index (χ0) is 20.9. The van der Waals surface area contributed by atoms with Crippen LogP contribution in [-0.2, 0) is 6.54 Å². The number of thiazole rings is 1. The van der Waals surface area contributed by atoms with Gasteiger partial charge in [0.2, 0.25) is 0 Å². The molecule has 2 aromatic heterocycles. The molecule has 0 atom stereocenters. The van der Waals surface area contributed by atoms with Gasteiger partial charge >= 0.3 is 0 Å². The number of benzene rings is 2. The quantitative estimate of drug-likeness (QED) is 0.442. The Balaban J connectivity index is 1.51. The number of para-hydroxylation sites is 1. The molecule has 0 fully saturated rings. The number of rotatable bonds is 6. The molecule has 7 heteroatoms. The average molecular weight is 434 g/mol. The van der Waals surface area contributed by atoms with Gasteiger partial charge in [0.15, 0.2) is 5.13 Å². The van der Waals surface area contributed by atoms with Crippen molar-refractivity contribution in [2.24, 2.45) is 0 Å². The molecule has 0 aliphatic carbocycles. The van der Waals surface area contributed by atoms with Gasteiger partial charge in [-0.25, -0.2) is 4.98 Å². The molecule has 0 radical (unpaired) electrons. The van der Waals surface area contributed by atoms with Crippen molar-refractivity contribution < 1.29 is 9.59 Å². The summed E-state index contributed by atoms with van der Waals surface area (Å²) in [5.41, 5.74) is 3.12. The van der Waals surface area contributed by atoms with E-state index in [9.17, 15) is 9.59 Å². The third-order valence-corrected chi connectivity index (χ3v) is 6.23. The molecule has 0 saturated heterocycles. The standard InChI is InChI=1S/C23H19N3O2S2/c1-16-15-30-23(25-16)26(19-6-3-2-4-7-19)22(28)18-11-9-17(10-12-18)14-24-21(27)20-8-5-13-29-20/h2-13,15H,14H2,1H3,(H,24,27). The molecule has 150 valence electrons. The third-order valence-electron chi connectivity index (χ3n) is 4.41. The minimum absolute atomic E-state index is 0.0976. The minimum Gasteiger partial charge on any atom is -0.347 e. The van der Waals surface area contributed by atoms with Crippen LogP contribution < -0.4 is 10.2 Å². The van der Waals surface area contributed by atoms with Crippen LogP contribution in [0.5, 0.6) is 0 Å². The number of carbonyl (C=O) groups excluding carboxylic acids is 2. The van der Waals surface area contributed by atoms with E-state index in [1.54, 1.807) is 23.1 Å². The maximum Gasteiger partial charge on any atom is 0.264 e. The Morgan fingerprint density at radius 2 is 1.73 bits per heavy atom. The Labute approximate surface area is 182 Å². The van der Waals surface area contributed by atoms with Crippen LogP contribution in [0, 0.1) is 6.92 Å².